The average molecular weight is 429 g/mol. The monoisotopic (exact) mass is 428 g/mol. The molecule has 2 aromatic heterocycles. The van der Waals surface area contributed by atoms with Gasteiger partial charge in [0.25, 0.3) is 0 Å². The summed E-state index contributed by atoms with van der Waals surface area (Å²) in [6.45, 7) is 8.35. The highest BCUT2D eigenvalue weighted by Gasteiger charge is 2.19. The summed E-state index contributed by atoms with van der Waals surface area (Å²) in [6, 6.07) is 17.3. The first kappa shape index (κ1) is 20.9. The molecule has 32 heavy (non-hydrogen) atoms. The maximum absolute atomic E-state index is 5.07. The van der Waals surface area contributed by atoms with Crippen LogP contribution in [0.4, 0.5) is 5.69 Å². The number of rotatable bonds is 5. The summed E-state index contributed by atoms with van der Waals surface area (Å²) in [7, 11) is 6.42. The first-order valence-electron chi connectivity index (χ1n) is 11.5. The van der Waals surface area contributed by atoms with Crippen molar-refractivity contribution in [1.29, 1.82) is 0 Å². The molecule has 1 aliphatic heterocycles. The first-order chi connectivity index (χ1) is 15.5. The van der Waals surface area contributed by atoms with E-state index in [0.717, 1.165) is 67.4 Å². The van der Waals surface area contributed by atoms with E-state index < -0.39 is 0 Å². The zero-order valence-electron chi connectivity index (χ0n) is 19.5. The van der Waals surface area contributed by atoms with Gasteiger partial charge in [0, 0.05) is 55.9 Å². The Morgan fingerprint density at radius 1 is 0.906 bits per heavy atom. The minimum absolute atomic E-state index is 0.908. The number of fused-ring (bicyclic) bond motifs is 3. The van der Waals surface area contributed by atoms with E-state index in [1.807, 2.05) is 0 Å². The number of benzene rings is 2. The van der Waals surface area contributed by atoms with Gasteiger partial charge in [-0.05, 0) is 46.3 Å². The fraction of sp³-hybridized carbons (Fsp3) is 0.385. The lowest BCUT2D eigenvalue weighted by atomic mass is 10.1. The number of aromatic nitrogens is 3. The van der Waals surface area contributed by atoms with Crippen molar-refractivity contribution in [2.45, 2.75) is 13.5 Å². The van der Waals surface area contributed by atoms with E-state index in [0.29, 0.717) is 0 Å². The molecule has 0 bridgehead atoms. The van der Waals surface area contributed by atoms with Gasteiger partial charge in [-0.25, -0.2) is 9.97 Å². The molecule has 0 saturated carbocycles. The quantitative estimate of drug-likeness (QED) is 0.483. The molecule has 4 aromatic rings. The highest BCUT2D eigenvalue weighted by atomic mass is 15.2. The van der Waals surface area contributed by atoms with Gasteiger partial charge in [-0.1, -0.05) is 30.3 Å². The van der Waals surface area contributed by atoms with Crippen LogP contribution in [0.5, 0.6) is 0 Å². The molecule has 1 saturated heterocycles. The number of imidazole rings is 1. The number of pyridine rings is 1. The Labute approximate surface area is 190 Å². The van der Waals surface area contributed by atoms with Gasteiger partial charge in [0.1, 0.15) is 11.3 Å². The van der Waals surface area contributed by atoms with E-state index in [2.05, 4.69) is 95.9 Å². The molecule has 0 N–H and O–H groups in total. The standard InChI is InChI=1S/C26H32N6/c1-19-27-25-24(20-9-11-21(12-10-20)31-16-14-30(4)15-17-31)28-23-8-6-5-7-22(23)26(25)32(19)18-13-29(2)3/h5-12H,13-18H2,1-4H3. The van der Waals surface area contributed by atoms with Crippen molar-refractivity contribution < 1.29 is 0 Å². The highest BCUT2D eigenvalue weighted by molar-refractivity contribution is 6.07. The third-order valence-electron chi connectivity index (χ3n) is 6.55. The topological polar surface area (TPSA) is 40.4 Å². The molecular formula is C26H32N6. The molecular weight excluding hydrogens is 396 g/mol. The molecule has 166 valence electrons. The lowest BCUT2D eigenvalue weighted by Crippen LogP contribution is -2.44. The number of para-hydroxylation sites is 1. The van der Waals surface area contributed by atoms with Crippen LogP contribution in [0.2, 0.25) is 0 Å². The summed E-state index contributed by atoms with van der Waals surface area (Å²) in [5, 5.41) is 1.17. The summed E-state index contributed by atoms with van der Waals surface area (Å²) in [5.41, 5.74) is 6.57. The summed E-state index contributed by atoms with van der Waals surface area (Å²) in [5.74, 6) is 1.04. The Balaban J connectivity index is 1.60. The summed E-state index contributed by atoms with van der Waals surface area (Å²) >= 11 is 0. The molecule has 0 radical (unpaired) electrons. The van der Waals surface area contributed by atoms with Gasteiger partial charge in [0.2, 0.25) is 0 Å². The van der Waals surface area contributed by atoms with E-state index in [4.69, 9.17) is 9.97 Å². The van der Waals surface area contributed by atoms with Crippen molar-refractivity contribution in [2.75, 3.05) is 58.8 Å². The van der Waals surface area contributed by atoms with Crippen LogP contribution in [-0.2, 0) is 6.54 Å². The second-order valence-electron chi connectivity index (χ2n) is 9.13. The minimum atomic E-state index is 0.908. The van der Waals surface area contributed by atoms with Gasteiger partial charge < -0.3 is 19.3 Å². The normalized spacial score (nSPS) is 15.3. The fourth-order valence-corrected chi connectivity index (χ4v) is 4.62. The second kappa shape index (κ2) is 8.52. The Kier molecular flexibility index (Phi) is 5.57. The third kappa shape index (κ3) is 3.85. The molecule has 0 aliphatic carbocycles. The van der Waals surface area contributed by atoms with Crippen LogP contribution in [0.1, 0.15) is 5.82 Å². The largest absolute Gasteiger partial charge is 0.369 e. The lowest BCUT2D eigenvalue weighted by molar-refractivity contribution is 0.313. The van der Waals surface area contributed by atoms with Crippen molar-refractivity contribution in [3.8, 4) is 11.3 Å². The molecule has 6 nitrogen and oxygen atoms in total. The first-order valence-corrected chi connectivity index (χ1v) is 11.5. The lowest BCUT2D eigenvalue weighted by Gasteiger charge is -2.34. The van der Waals surface area contributed by atoms with Crippen molar-refractivity contribution >= 4 is 27.6 Å². The van der Waals surface area contributed by atoms with Crippen LogP contribution in [-0.4, -0.2) is 78.2 Å². The van der Waals surface area contributed by atoms with E-state index >= 15 is 0 Å². The Morgan fingerprint density at radius 3 is 2.34 bits per heavy atom. The van der Waals surface area contributed by atoms with Crippen LogP contribution < -0.4 is 4.90 Å². The maximum Gasteiger partial charge on any atom is 0.116 e. The number of anilines is 1. The van der Waals surface area contributed by atoms with E-state index in [1.54, 1.807) is 0 Å². The number of nitrogens with zero attached hydrogens (tertiary/aromatic N) is 6. The predicted octanol–water partition coefficient (Wildman–Crippen LogP) is 3.87. The Hall–Kier alpha value is -2.96. The number of likely N-dealkylation sites (N-methyl/N-ethyl adjacent to an activating group) is 2. The van der Waals surface area contributed by atoms with E-state index in [-0.39, 0.29) is 0 Å². The van der Waals surface area contributed by atoms with Gasteiger partial charge in [-0.2, -0.15) is 0 Å². The van der Waals surface area contributed by atoms with Gasteiger partial charge in [-0.3, -0.25) is 0 Å². The summed E-state index contributed by atoms with van der Waals surface area (Å²) in [6.07, 6.45) is 0. The summed E-state index contributed by atoms with van der Waals surface area (Å²) < 4.78 is 2.35. The Morgan fingerprint density at radius 2 is 1.62 bits per heavy atom. The van der Waals surface area contributed by atoms with Gasteiger partial charge in [0.05, 0.1) is 16.7 Å². The third-order valence-corrected chi connectivity index (χ3v) is 6.55. The van der Waals surface area contributed by atoms with Crippen molar-refractivity contribution in [3.63, 3.8) is 0 Å². The minimum Gasteiger partial charge on any atom is -0.369 e. The molecule has 1 fully saturated rings. The van der Waals surface area contributed by atoms with Crippen molar-refractivity contribution in [3.05, 3.63) is 54.4 Å². The smallest absolute Gasteiger partial charge is 0.116 e. The molecule has 6 heteroatoms. The number of hydrogen-bond acceptors (Lipinski definition) is 5. The average Bonchev–Trinajstić information content (AvgIpc) is 3.14. The van der Waals surface area contributed by atoms with Gasteiger partial charge >= 0.3 is 0 Å². The van der Waals surface area contributed by atoms with Crippen LogP contribution in [0, 0.1) is 6.92 Å². The Bertz CT molecular complexity index is 1230. The zero-order valence-corrected chi connectivity index (χ0v) is 19.5. The van der Waals surface area contributed by atoms with Gasteiger partial charge in [0.15, 0.2) is 0 Å². The number of aryl methyl sites for hydroxylation is 1. The molecule has 0 spiro atoms. The molecule has 0 atom stereocenters. The SMILES string of the molecule is Cc1nc2c(-c3ccc(N4CCN(C)CC4)cc3)nc3ccccc3c2n1CCN(C)C. The number of hydrogen-bond donors (Lipinski definition) is 0. The van der Waals surface area contributed by atoms with Crippen LogP contribution in [0.3, 0.4) is 0 Å². The molecule has 2 aromatic carbocycles. The highest BCUT2D eigenvalue weighted by Crippen LogP contribution is 2.33. The molecule has 0 amide bonds. The molecule has 1 aliphatic rings. The van der Waals surface area contributed by atoms with Crippen LogP contribution in [0.25, 0.3) is 33.2 Å². The van der Waals surface area contributed by atoms with Crippen LogP contribution in [0.15, 0.2) is 48.5 Å². The van der Waals surface area contributed by atoms with Gasteiger partial charge in [-0.15, -0.1) is 0 Å². The summed E-state index contributed by atoms with van der Waals surface area (Å²) in [4.78, 5) is 17.1. The zero-order chi connectivity index (χ0) is 22.2. The fourth-order valence-electron chi connectivity index (χ4n) is 4.62. The van der Waals surface area contributed by atoms with E-state index in [1.165, 1.54) is 16.6 Å². The second-order valence-corrected chi connectivity index (χ2v) is 9.13. The maximum atomic E-state index is 5.07. The van der Waals surface area contributed by atoms with Crippen molar-refractivity contribution in [2.24, 2.45) is 0 Å². The van der Waals surface area contributed by atoms with E-state index in [9.17, 15) is 0 Å². The van der Waals surface area contributed by atoms with Crippen molar-refractivity contribution in [1.82, 2.24) is 24.3 Å². The molecule has 0 unspecified atom stereocenters. The number of piperazine rings is 1. The van der Waals surface area contributed by atoms with Crippen LogP contribution >= 0.6 is 0 Å². The predicted molar refractivity (Wildman–Crippen MR) is 133 cm³/mol. The molecule has 3 heterocycles. The molecule has 5 rings (SSSR count).